The number of rotatable bonds is 5. The van der Waals surface area contributed by atoms with E-state index >= 15 is 0 Å². The number of anilines is 2. The third kappa shape index (κ3) is 3.34. The number of fused-ring (bicyclic) bond motifs is 2. The Kier molecular flexibility index (Phi) is 4.71. The number of halogens is 2. The van der Waals surface area contributed by atoms with Crippen molar-refractivity contribution in [1.29, 1.82) is 0 Å². The Hall–Kier alpha value is -4.00. The highest BCUT2D eigenvalue weighted by atomic mass is 19.2. The van der Waals surface area contributed by atoms with E-state index < -0.39 is 11.6 Å². The van der Waals surface area contributed by atoms with Crippen molar-refractivity contribution >= 4 is 33.4 Å². The highest BCUT2D eigenvalue weighted by Gasteiger charge is 2.20. The molecule has 0 atom stereocenters. The SMILES string of the molecule is COc1cc(CN(c2ccccc2)c2nccc3occc23)c2ccc(F)c(F)c2n1. The predicted octanol–water partition coefficient (Wildman–Crippen LogP) is 6.00. The van der Waals surface area contributed by atoms with Gasteiger partial charge in [0.25, 0.3) is 0 Å². The van der Waals surface area contributed by atoms with Gasteiger partial charge in [0.2, 0.25) is 5.88 Å². The van der Waals surface area contributed by atoms with Crippen LogP contribution in [-0.2, 0) is 6.54 Å². The number of methoxy groups -OCH3 is 1. The van der Waals surface area contributed by atoms with Crippen LogP contribution in [0.3, 0.4) is 0 Å². The molecule has 0 aliphatic carbocycles. The van der Waals surface area contributed by atoms with Gasteiger partial charge in [0.05, 0.1) is 25.3 Å². The van der Waals surface area contributed by atoms with E-state index in [0.29, 0.717) is 28.9 Å². The van der Waals surface area contributed by atoms with Gasteiger partial charge in [-0.3, -0.25) is 0 Å². The van der Waals surface area contributed by atoms with E-state index in [1.54, 1.807) is 24.6 Å². The van der Waals surface area contributed by atoms with Crippen molar-refractivity contribution in [2.24, 2.45) is 0 Å². The summed E-state index contributed by atoms with van der Waals surface area (Å²) < 4.78 is 39.2. The summed E-state index contributed by atoms with van der Waals surface area (Å²) in [6.07, 6.45) is 3.29. The Morgan fingerprint density at radius 1 is 1.00 bits per heavy atom. The maximum Gasteiger partial charge on any atom is 0.213 e. The molecule has 0 saturated heterocycles. The lowest BCUT2D eigenvalue weighted by atomic mass is 10.1. The summed E-state index contributed by atoms with van der Waals surface area (Å²) in [5.74, 6) is -1.07. The average Bonchev–Trinajstić information content (AvgIpc) is 3.29. The number of ether oxygens (including phenoxy) is 1. The standard InChI is InChI=1S/C24H17F2N3O2/c1-30-21-13-15(17-7-8-19(25)22(26)23(17)28-21)14-29(16-5-3-2-4-6-16)24-18-10-12-31-20(18)9-11-27-24/h2-13H,14H2,1H3. The van der Waals surface area contributed by atoms with E-state index in [1.807, 2.05) is 41.3 Å². The van der Waals surface area contributed by atoms with Gasteiger partial charge in [0.15, 0.2) is 11.6 Å². The van der Waals surface area contributed by atoms with Crippen molar-refractivity contribution in [3.63, 3.8) is 0 Å². The lowest BCUT2D eigenvalue weighted by molar-refractivity contribution is 0.398. The summed E-state index contributed by atoms with van der Waals surface area (Å²) in [5.41, 5.74) is 2.23. The van der Waals surface area contributed by atoms with Crippen molar-refractivity contribution in [3.05, 3.63) is 90.3 Å². The molecule has 0 radical (unpaired) electrons. The van der Waals surface area contributed by atoms with Gasteiger partial charge in [-0.1, -0.05) is 18.2 Å². The third-order valence-electron chi connectivity index (χ3n) is 5.15. The van der Waals surface area contributed by atoms with Gasteiger partial charge in [0.1, 0.15) is 16.9 Å². The van der Waals surface area contributed by atoms with Gasteiger partial charge in [-0.25, -0.2) is 18.7 Å². The minimum absolute atomic E-state index is 0.0724. The summed E-state index contributed by atoms with van der Waals surface area (Å²) in [6.45, 7) is 0.321. The Labute approximate surface area is 176 Å². The summed E-state index contributed by atoms with van der Waals surface area (Å²) >= 11 is 0. The zero-order valence-electron chi connectivity index (χ0n) is 16.5. The Balaban J connectivity index is 1.72. The smallest absolute Gasteiger partial charge is 0.213 e. The van der Waals surface area contributed by atoms with Crippen molar-refractivity contribution in [2.75, 3.05) is 12.0 Å². The number of aromatic nitrogens is 2. The van der Waals surface area contributed by atoms with Crippen molar-refractivity contribution in [1.82, 2.24) is 9.97 Å². The molecule has 0 unspecified atom stereocenters. The monoisotopic (exact) mass is 417 g/mol. The van der Waals surface area contributed by atoms with Crippen molar-refractivity contribution in [2.45, 2.75) is 6.54 Å². The fourth-order valence-corrected chi connectivity index (χ4v) is 3.67. The molecule has 7 heteroatoms. The lowest BCUT2D eigenvalue weighted by Crippen LogP contribution is -2.18. The second kappa shape index (κ2) is 7.68. The van der Waals surface area contributed by atoms with Crippen LogP contribution in [0.25, 0.3) is 21.9 Å². The second-order valence-corrected chi connectivity index (χ2v) is 6.97. The quantitative estimate of drug-likeness (QED) is 0.351. The highest BCUT2D eigenvalue weighted by Crippen LogP contribution is 2.34. The number of hydrogen-bond acceptors (Lipinski definition) is 5. The molecule has 0 spiro atoms. The van der Waals surface area contributed by atoms with Gasteiger partial charge in [-0.15, -0.1) is 0 Å². The second-order valence-electron chi connectivity index (χ2n) is 6.97. The number of hydrogen-bond donors (Lipinski definition) is 0. The van der Waals surface area contributed by atoms with E-state index in [0.717, 1.165) is 17.1 Å². The molecule has 0 bridgehead atoms. The fraction of sp³-hybridized carbons (Fsp3) is 0.0833. The van der Waals surface area contributed by atoms with Crippen molar-refractivity contribution < 1.29 is 17.9 Å². The van der Waals surface area contributed by atoms with Gasteiger partial charge in [-0.05, 0) is 42.0 Å². The number of pyridine rings is 2. The molecule has 0 fully saturated rings. The molecule has 3 heterocycles. The van der Waals surface area contributed by atoms with E-state index in [-0.39, 0.29) is 11.4 Å². The van der Waals surface area contributed by atoms with Crippen LogP contribution in [-0.4, -0.2) is 17.1 Å². The van der Waals surface area contributed by atoms with Crippen LogP contribution in [0.5, 0.6) is 5.88 Å². The molecule has 2 aromatic carbocycles. The molecule has 0 N–H and O–H groups in total. The lowest BCUT2D eigenvalue weighted by Gasteiger charge is -2.25. The van der Waals surface area contributed by atoms with Gasteiger partial charge in [-0.2, -0.15) is 0 Å². The highest BCUT2D eigenvalue weighted by molar-refractivity contribution is 5.91. The first kappa shape index (κ1) is 19.0. The Morgan fingerprint density at radius 2 is 1.84 bits per heavy atom. The van der Waals surface area contributed by atoms with Gasteiger partial charge >= 0.3 is 0 Å². The van der Waals surface area contributed by atoms with Gasteiger partial charge < -0.3 is 14.1 Å². The first-order valence-electron chi connectivity index (χ1n) is 9.62. The van der Waals surface area contributed by atoms with E-state index in [4.69, 9.17) is 9.15 Å². The van der Waals surface area contributed by atoms with E-state index in [1.165, 1.54) is 13.2 Å². The van der Waals surface area contributed by atoms with Crippen LogP contribution in [0, 0.1) is 11.6 Å². The zero-order valence-corrected chi connectivity index (χ0v) is 16.5. The number of nitrogens with zero attached hydrogens (tertiary/aromatic N) is 3. The molecule has 31 heavy (non-hydrogen) atoms. The molecule has 0 aliphatic heterocycles. The van der Waals surface area contributed by atoms with Gasteiger partial charge in [0, 0.05) is 23.3 Å². The minimum atomic E-state index is -1.00. The fourth-order valence-electron chi connectivity index (χ4n) is 3.67. The Bertz CT molecular complexity index is 1390. The zero-order chi connectivity index (χ0) is 21.4. The first-order valence-corrected chi connectivity index (χ1v) is 9.62. The van der Waals surface area contributed by atoms with Crippen LogP contribution in [0.1, 0.15) is 5.56 Å². The number of para-hydroxylation sites is 1. The Morgan fingerprint density at radius 3 is 2.65 bits per heavy atom. The topological polar surface area (TPSA) is 51.4 Å². The molecule has 5 rings (SSSR count). The molecule has 5 nitrogen and oxygen atoms in total. The van der Waals surface area contributed by atoms with E-state index in [2.05, 4.69) is 9.97 Å². The summed E-state index contributed by atoms with van der Waals surface area (Å²) in [4.78, 5) is 10.7. The first-order chi connectivity index (χ1) is 15.2. The van der Waals surface area contributed by atoms with Crippen LogP contribution < -0.4 is 9.64 Å². The van der Waals surface area contributed by atoms with E-state index in [9.17, 15) is 8.78 Å². The van der Waals surface area contributed by atoms with Crippen molar-refractivity contribution in [3.8, 4) is 5.88 Å². The number of furan rings is 1. The summed E-state index contributed by atoms with van der Waals surface area (Å²) in [6, 6.07) is 17.7. The van der Waals surface area contributed by atoms with Crippen LogP contribution in [0.15, 0.2) is 77.5 Å². The summed E-state index contributed by atoms with van der Waals surface area (Å²) in [5, 5.41) is 1.34. The minimum Gasteiger partial charge on any atom is -0.481 e. The maximum absolute atomic E-state index is 14.5. The number of benzene rings is 2. The predicted molar refractivity (Wildman–Crippen MR) is 115 cm³/mol. The molecular weight excluding hydrogens is 400 g/mol. The molecule has 5 aromatic rings. The summed E-state index contributed by atoms with van der Waals surface area (Å²) in [7, 11) is 1.44. The van der Waals surface area contributed by atoms with Crippen LogP contribution >= 0.6 is 0 Å². The molecule has 0 aliphatic rings. The molecule has 154 valence electrons. The van der Waals surface area contributed by atoms with Crippen LogP contribution in [0.4, 0.5) is 20.3 Å². The molecule has 0 saturated carbocycles. The maximum atomic E-state index is 14.5. The normalized spacial score (nSPS) is 11.2. The molecule has 0 amide bonds. The van der Waals surface area contributed by atoms with Crippen LogP contribution in [0.2, 0.25) is 0 Å². The largest absolute Gasteiger partial charge is 0.481 e. The molecular formula is C24H17F2N3O2. The average molecular weight is 417 g/mol. The third-order valence-corrected chi connectivity index (χ3v) is 5.15. The molecule has 3 aromatic heterocycles.